The summed E-state index contributed by atoms with van der Waals surface area (Å²) in [5, 5.41) is 9.00. The molecule has 1 saturated heterocycles. The van der Waals surface area contributed by atoms with Crippen LogP contribution in [0, 0.1) is 11.3 Å². The van der Waals surface area contributed by atoms with E-state index in [2.05, 4.69) is 24.0 Å². The fourth-order valence-corrected chi connectivity index (χ4v) is 4.36. The van der Waals surface area contributed by atoms with E-state index in [9.17, 15) is 4.79 Å². The van der Waals surface area contributed by atoms with E-state index in [0.29, 0.717) is 11.6 Å². The van der Waals surface area contributed by atoms with Crippen LogP contribution >= 0.6 is 0 Å². The number of nitrogens with zero attached hydrogens (tertiary/aromatic N) is 3. The zero-order valence-corrected chi connectivity index (χ0v) is 15.8. The summed E-state index contributed by atoms with van der Waals surface area (Å²) in [6.45, 7) is 6.00. The molecule has 1 atom stereocenters. The molecule has 0 saturated carbocycles. The number of carbonyl (C=O) groups is 1. The molecule has 0 spiro atoms. The molecule has 27 heavy (non-hydrogen) atoms. The Labute approximate surface area is 161 Å². The lowest BCUT2D eigenvalue weighted by Crippen LogP contribution is -2.43. The number of benzene rings is 2. The van der Waals surface area contributed by atoms with E-state index in [0.717, 1.165) is 54.9 Å². The molecule has 0 aromatic heterocycles. The highest BCUT2D eigenvalue weighted by Crippen LogP contribution is 2.30. The molecule has 2 heterocycles. The predicted molar refractivity (Wildman–Crippen MR) is 106 cm³/mol. The van der Waals surface area contributed by atoms with Crippen LogP contribution in [-0.4, -0.2) is 47.9 Å². The Hall–Kier alpha value is -2.64. The van der Waals surface area contributed by atoms with Crippen LogP contribution in [0.15, 0.2) is 42.5 Å². The number of nitriles is 1. The van der Waals surface area contributed by atoms with Crippen molar-refractivity contribution in [1.29, 1.82) is 5.26 Å². The zero-order chi connectivity index (χ0) is 18.8. The number of amides is 1. The maximum Gasteiger partial charge on any atom is 0.254 e. The molecule has 2 aromatic rings. The van der Waals surface area contributed by atoms with Gasteiger partial charge in [-0.25, -0.2) is 0 Å². The second-order valence-electron chi connectivity index (χ2n) is 7.59. The molecule has 2 aliphatic rings. The highest BCUT2D eigenvalue weighted by atomic mass is 16.2. The average Bonchev–Trinajstić information content (AvgIpc) is 3.12. The number of hydrogen-bond donors (Lipinski definition) is 0. The quantitative estimate of drug-likeness (QED) is 0.836. The number of likely N-dealkylation sites (tertiary alicyclic amines) is 1. The molecule has 2 aromatic carbocycles. The standard InChI is InChI=1S/C23H25N3O/c1-17-4-3-12-25(17)14-15-26-13-11-21-20(5-2-6-22(21)23(26)27)19-9-7-18(16-24)8-10-19/h2,5-10,17H,3-4,11-15H2,1H3/t17-/m1/s1. The number of hydrogen-bond acceptors (Lipinski definition) is 3. The summed E-state index contributed by atoms with van der Waals surface area (Å²) in [7, 11) is 0. The van der Waals surface area contributed by atoms with Gasteiger partial charge in [0.1, 0.15) is 0 Å². The van der Waals surface area contributed by atoms with Crippen molar-refractivity contribution in [2.75, 3.05) is 26.2 Å². The molecule has 2 aliphatic heterocycles. The lowest BCUT2D eigenvalue weighted by atomic mass is 9.90. The van der Waals surface area contributed by atoms with Crippen LogP contribution in [-0.2, 0) is 6.42 Å². The van der Waals surface area contributed by atoms with Crippen molar-refractivity contribution in [3.8, 4) is 17.2 Å². The van der Waals surface area contributed by atoms with Gasteiger partial charge in [-0.1, -0.05) is 24.3 Å². The minimum Gasteiger partial charge on any atom is -0.337 e. The highest BCUT2D eigenvalue weighted by Gasteiger charge is 2.27. The van der Waals surface area contributed by atoms with Crippen LogP contribution < -0.4 is 0 Å². The van der Waals surface area contributed by atoms with Crippen LogP contribution in [0.2, 0.25) is 0 Å². The average molecular weight is 359 g/mol. The lowest BCUT2D eigenvalue weighted by Gasteiger charge is -2.32. The first-order valence-electron chi connectivity index (χ1n) is 9.83. The largest absolute Gasteiger partial charge is 0.337 e. The van der Waals surface area contributed by atoms with Crippen molar-refractivity contribution in [1.82, 2.24) is 9.80 Å². The van der Waals surface area contributed by atoms with Crippen LogP contribution in [0.3, 0.4) is 0 Å². The Morgan fingerprint density at radius 3 is 2.56 bits per heavy atom. The predicted octanol–water partition coefficient (Wildman–Crippen LogP) is 3.71. The first-order chi connectivity index (χ1) is 13.2. The Morgan fingerprint density at radius 1 is 1.07 bits per heavy atom. The molecule has 1 amide bonds. The molecule has 1 fully saturated rings. The first-order valence-corrected chi connectivity index (χ1v) is 9.83. The molecule has 4 nitrogen and oxygen atoms in total. The molecule has 4 rings (SSSR count). The van der Waals surface area contributed by atoms with Crippen molar-refractivity contribution in [3.05, 3.63) is 59.2 Å². The normalized spacial score (nSPS) is 19.8. The topological polar surface area (TPSA) is 47.3 Å². The van der Waals surface area contributed by atoms with E-state index in [4.69, 9.17) is 5.26 Å². The van der Waals surface area contributed by atoms with E-state index in [1.54, 1.807) is 0 Å². The first kappa shape index (κ1) is 17.8. The van der Waals surface area contributed by atoms with E-state index in [-0.39, 0.29) is 5.91 Å². The number of fused-ring (bicyclic) bond motifs is 1. The molecule has 0 radical (unpaired) electrons. The van der Waals surface area contributed by atoms with Crippen molar-refractivity contribution < 1.29 is 4.79 Å². The Morgan fingerprint density at radius 2 is 1.85 bits per heavy atom. The Balaban J connectivity index is 1.54. The van der Waals surface area contributed by atoms with Crippen LogP contribution in [0.5, 0.6) is 0 Å². The van der Waals surface area contributed by atoms with Gasteiger partial charge in [0.05, 0.1) is 11.6 Å². The summed E-state index contributed by atoms with van der Waals surface area (Å²) in [4.78, 5) is 17.6. The summed E-state index contributed by atoms with van der Waals surface area (Å²) in [5.41, 5.74) is 4.80. The van der Waals surface area contributed by atoms with E-state index >= 15 is 0 Å². The van der Waals surface area contributed by atoms with E-state index in [1.165, 1.54) is 12.8 Å². The maximum absolute atomic E-state index is 13.1. The third-order valence-corrected chi connectivity index (χ3v) is 6.00. The van der Waals surface area contributed by atoms with Gasteiger partial charge in [0, 0.05) is 31.2 Å². The summed E-state index contributed by atoms with van der Waals surface area (Å²) >= 11 is 0. The van der Waals surface area contributed by atoms with Crippen molar-refractivity contribution in [3.63, 3.8) is 0 Å². The molecule has 138 valence electrons. The van der Waals surface area contributed by atoms with Gasteiger partial charge in [0.2, 0.25) is 0 Å². The highest BCUT2D eigenvalue weighted by molar-refractivity contribution is 5.98. The van der Waals surface area contributed by atoms with Crippen molar-refractivity contribution in [2.24, 2.45) is 0 Å². The van der Waals surface area contributed by atoms with Crippen molar-refractivity contribution in [2.45, 2.75) is 32.2 Å². The summed E-state index contributed by atoms with van der Waals surface area (Å²) < 4.78 is 0. The maximum atomic E-state index is 13.1. The summed E-state index contributed by atoms with van der Waals surface area (Å²) in [5.74, 6) is 0.151. The van der Waals surface area contributed by atoms with E-state index in [1.807, 2.05) is 41.3 Å². The Kier molecular flexibility index (Phi) is 4.96. The van der Waals surface area contributed by atoms with Crippen molar-refractivity contribution >= 4 is 5.91 Å². The third-order valence-electron chi connectivity index (χ3n) is 6.00. The van der Waals surface area contributed by atoms with Gasteiger partial charge in [0.25, 0.3) is 5.91 Å². The fourth-order valence-electron chi connectivity index (χ4n) is 4.36. The summed E-state index contributed by atoms with van der Waals surface area (Å²) in [6, 6.07) is 16.4. The monoisotopic (exact) mass is 359 g/mol. The molecule has 0 unspecified atom stereocenters. The third kappa shape index (κ3) is 3.48. The van der Waals surface area contributed by atoms with Gasteiger partial charge in [-0.3, -0.25) is 9.69 Å². The second-order valence-corrected chi connectivity index (χ2v) is 7.59. The molecule has 0 N–H and O–H groups in total. The molecular weight excluding hydrogens is 334 g/mol. The van der Waals surface area contributed by atoms with Gasteiger partial charge < -0.3 is 4.90 Å². The van der Waals surface area contributed by atoms with Crippen LogP contribution in [0.4, 0.5) is 0 Å². The number of carbonyl (C=O) groups excluding carboxylic acids is 1. The van der Waals surface area contributed by atoms with Gasteiger partial charge in [-0.2, -0.15) is 5.26 Å². The minimum atomic E-state index is 0.151. The number of rotatable bonds is 4. The zero-order valence-electron chi connectivity index (χ0n) is 15.8. The Bertz CT molecular complexity index is 881. The van der Waals surface area contributed by atoms with Gasteiger partial charge in [-0.05, 0) is 67.6 Å². The van der Waals surface area contributed by atoms with Gasteiger partial charge >= 0.3 is 0 Å². The molecule has 0 aliphatic carbocycles. The SMILES string of the molecule is C[C@@H]1CCCN1CCN1CCc2c(cccc2-c2ccc(C#N)cc2)C1=O. The van der Waals surface area contributed by atoms with Gasteiger partial charge in [-0.15, -0.1) is 0 Å². The molecule has 0 bridgehead atoms. The second kappa shape index (κ2) is 7.54. The molecular formula is C23H25N3O. The minimum absolute atomic E-state index is 0.151. The fraction of sp³-hybridized carbons (Fsp3) is 0.391. The summed E-state index contributed by atoms with van der Waals surface area (Å²) in [6.07, 6.45) is 3.42. The lowest BCUT2D eigenvalue weighted by molar-refractivity contribution is 0.0717. The van der Waals surface area contributed by atoms with Crippen LogP contribution in [0.25, 0.3) is 11.1 Å². The van der Waals surface area contributed by atoms with Gasteiger partial charge in [0.15, 0.2) is 0 Å². The smallest absolute Gasteiger partial charge is 0.254 e. The van der Waals surface area contributed by atoms with Crippen LogP contribution in [0.1, 0.15) is 41.3 Å². The molecule has 4 heteroatoms. The van der Waals surface area contributed by atoms with E-state index < -0.39 is 0 Å².